The quantitative estimate of drug-likeness (QED) is 0.620. The summed E-state index contributed by atoms with van der Waals surface area (Å²) in [6.07, 6.45) is 1.14. The Morgan fingerprint density at radius 1 is 1.31 bits per heavy atom. The van der Waals surface area contributed by atoms with E-state index < -0.39 is 0 Å². The van der Waals surface area contributed by atoms with Gasteiger partial charge in [0.05, 0.1) is 7.11 Å². The maximum atomic E-state index is 9.59. The van der Waals surface area contributed by atoms with Crippen molar-refractivity contribution < 1.29 is 9.53 Å². The summed E-state index contributed by atoms with van der Waals surface area (Å²) in [7, 11) is 1.35. The summed E-state index contributed by atoms with van der Waals surface area (Å²) in [5, 5.41) is 0. The minimum Gasteiger partial charge on any atom is -0.469 e. The number of methoxy groups -OCH3 is 1. The molecule has 0 aliphatic rings. The fourth-order valence-electron chi connectivity index (χ4n) is 0.714. The van der Waals surface area contributed by atoms with Gasteiger partial charge in [-0.2, -0.15) is 0 Å². The number of carbonyl (C=O) groups is 1. The SMILES string of the molecule is CCc1ccccc1.COC(C)=O. The Morgan fingerprint density at radius 2 is 1.77 bits per heavy atom. The van der Waals surface area contributed by atoms with E-state index in [1.165, 1.54) is 19.6 Å². The molecule has 0 heterocycles. The smallest absolute Gasteiger partial charge is 0.302 e. The van der Waals surface area contributed by atoms with Gasteiger partial charge in [0.2, 0.25) is 0 Å². The molecule has 2 heteroatoms. The lowest BCUT2D eigenvalue weighted by atomic mass is 10.2. The third kappa shape index (κ3) is 7.06. The average Bonchev–Trinajstić information content (AvgIpc) is 2.20. The molecule has 0 radical (unpaired) electrons. The van der Waals surface area contributed by atoms with Crippen LogP contribution in [0.1, 0.15) is 19.4 Å². The van der Waals surface area contributed by atoms with Crippen LogP contribution >= 0.6 is 0 Å². The molecule has 0 N–H and O–H groups in total. The van der Waals surface area contributed by atoms with Gasteiger partial charge in [-0.05, 0) is 12.0 Å². The lowest BCUT2D eigenvalue weighted by molar-refractivity contribution is -0.137. The Labute approximate surface area is 79.5 Å². The monoisotopic (exact) mass is 180 g/mol. The van der Waals surface area contributed by atoms with Crippen LogP contribution in [0.5, 0.6) is 0 Å². The van der Waals surface area contributed by atoms with Crippen molar-refractivity contribution in [1.82, 2.24) is 0 Å². The molecular weight excluding hydrogens is 164 g/mol. The summed E-state index contributed by atoms with van der Waals surface area (Å²) in [6, 6.07) is 10.5. The van der Waals surface area contributed by atoms with Crippen LogP contribution in [0.15, 0.2) is 30.3 Å². The number of carbonyl (C=O) groups excluding carboxylic acids is 1. The molecule has 0 amide bonds. The van der Waals surface area contributed by atoms with Crippen molar-refractivity contribution in [3.63, 3.8) is 0 Å². The minimum absolute atomic E-state index is 0.245. The number of hydrogen-bond donors (Lipinski definition) is 0. The van der Waals surface area contributed by atoms with Crippen LogP contribution in [0, 0.1) is 0 Å². The molecule has 0 aliphatic carbocycles. The molecule has 1 aromatic carbocycles. The first-order valence-corrected chi connectivity index (χ1v) is 4.29. The first-order valence-electron chi connectivity index (χ1n) is 4.29. The second kappa shape index (κ2) is 7.35. The van der Waals surface area contributed by atoms with Crippen molar-refractivity contribution in [3.8, 4) is 0 Å². The van der Waals surface area contributed by atoms with Gasteiger partial charge in [0.25, 0.3) is 0 Å². The molecule has 1 aromatic rings. The van der Waals surface area contributed by atoms with Crippen LogP contribution in [0.3, 0.4) is 0 Å². The predicted molar refractivity (Wildman–Crippen MR) is 53.5 cm³/mol. The Balaban J connectivity index is 0.000000252. The van der Waals surface area contributed by atoms with E-state index in [0.29, 0.717) is 0 Å². The van der Waals surface area contributed by atoms with Gasteiger partial charge in [0.1, 0.15) is 0 Å². The number of esters is 1. The first-order chi connectivity index (χ1) is 6.20. The van der Waals surface area contributed by atoms with E-state index in [4.69, 9.17) is 0 Å². The summed E-state index contributed by atoms with van der Waals surface area (Å²) < 4.78 is 4.11. The van der Waals surface area contributed by atoms with E-state index in [0.717, 1.165) is 6.42 Å². The zero-order chi connectivity index (χ0) is 10.1. The average molecular weight is 180 g/mol. The molecule has 0 aliphatic heterocycles. The third-order valence-corrected chi connectivity index (χ3v) is 1.54. The Bertz CT molecular complexity index is 229. The van der Waals surface area contributed by atoms with E-state index in [2.05, 4.69) is 35.9 Å². The largest absolute Gasteiger partial charge is 0.469 e. The molecule has 0 bridgehead atoms. The van der Waals surface area contributed by atoms with Crippen LogP contribution in [0.25, 0.3) is 0 Å². The normalized spacial score (nSPS) is 8.23. The van der Waals surface area contributed by atoms with Gasteiger partial charge in [-0.3, -0.25) is 4.79 Å². The van der Waals surface area contributed by atoms with Crippen molar-refractivity contribution in [1.29, 1.82) is 0 Å². The molecule has 72 valence electrons. The second-order valence-corrected chi connectivity index (χ2v) is 2.53. The van der Waals surface area contributed by atoms with Gasteiger partial charge in [-0.15, -0.1) is 0 Å². The third-order valence-electron chi connectivity index (χ3n) is 1.54. The highest BCUT2D eigenvalue weighted by Gasteiger charge is 1.80. The summed E-state index contributed by atoms with van der Waals surface area (Å²) >= 11 is 0. The highest BCUT2D eigenvalue weighted by atomic mass is 16.5. The van der Waals surface area contributed by atoms with Gasteiger partial charge >= 0.3 is 5.97 Å². The fourth-order valence-corrected chi connectivity index (χ4v) is 0.714. The molecule has 13 heavy (non-hydrogen) atoms. The topological polar surface area (TPSA) is 26.3 Å². The number of ether oxygens (including phenoxy) is 1. The Kier molecular flexibility index (Phi) is 6.60. The van der Waals surface area contributed by atoms with E-state index in [9.17, 15) is 4.79 Å². The number of rotatable bonds is 1. The second-order valence-electron chi connectivity index (χ2n) is 2.53. The molecular formula is C11H16O2. The van der Waals surface area contributed by atoms with E-state index in [1.807, 2.05) is 6.07 Å². The molecule has 0 unspecified atom stereocenters. The summed E-state index contributed by atoms with van der Waals surface area (Å²) in [4.78, 5) is 9.59. The Morgan fingerprint density at radius 3 is 2.00 bits per heavy atom. The van der Waals surface area contributed by atoms with Crippen LogP contribution in [0.4, 0.5) is 0 Å². The highest BCUT2D eigenvalue weighted by molar-refractivity contribution is 5.65. The van der Waals surface area contributed by atoms with Gasteiger partial charge < -0.3 is 4.74 Å². The molecule has 0 saturated heterocycles. The molecule has 0 atom stereocenters. The van der Waals surface area contributed by atoms with Gasteiger partial charge in [-0.1, -0.05) is 37.3 Å². The molecule has 0 spiro atoms. The first kappa shape index (κ1) is 11.7. The van der Waals surface area contributed by atoms with E-state index in [-0.39, 0.29) is 5.97 Å². The zero-order valence-corrected chi connectivity index (χ0v) is 8.41. The molecule has 0 saturated carbocycles. The molecule has 0 aromatic heterocycles. The number of benzene rings is 1. The maximum Gasteiger partial charge on any atom is 0.302 e. The van der Waals surface area contributed by atoms with Crippen LogP contribution in [-0.4, -0.2) is 13.1 Å². The summed E-state index contributed by atoms with van der Waals surface area (Å²) in [5.41, 5.74) is 1.41. The summed E-state index contributed by atoms with van der Waals surface area (Å²) in [6.45, 7) is 3.52. The van der Waals surface area contributed by atoms with E-state index >= 15 is 0 Å². The standard InChI is InChI=1S/C8H10.C3H6O2/c1-2-8-6-4-3-5-7-8;1-3(4)5-2/h3-7H,2H2,1H3;1-2H3. The molecule has 0 fully saturated rings. The number of aryl methyl sites for hydroxylation is 1. The minimum atomic E-state index is -0.245. The molecule has 2 nitrogen and oxygen atoms in total. The zero-order valence-electron chi connectivity index (χ0n) is 8.41. The van der Waals surface area contributed by atoms with Crippen LogP contribution in [-0.2, 0) is 16.0 Å². The molecule has 1 rings (SSSR count). The van der Waals surface area contributed by atoms with Crippen molar-refractivity contribution in [2.75, 3.05) is 7.11 Å². The number of hydrogen-bond acceptors (Lipinski definition) is 2. The van der Waals surface area contributed by atoms with Crippen molar-refractivity contribution in [2.24, 2.45) is 0 Å². The van der Waals surface area contributed by atoms with Crippen molar-refractivity contribution in [3.05, 3.63) is 35.9 Å². The van der Waals surface area contributed by atoms with Gasteiger partial charge in [-0.25, -0.2) is 0 Å². The van der Waals surface area contributed by atoms with Gasteiger partial charge in [0.15, 0.2) is 0 Å². The van der Waals surface area contributed by atoms with E-state index in [1.54, 1.807) is 0 Å². The van der Waals surface area contributed by atoms with Crippen molar-refractivity contribution >= 4 is 5.97 Å². The highest BCUT2D eigenvalue weighted by Crippen LogP contribution is 1.96. The summed E-state index contributed by atoms with van der Waals surface area (Å²) in [5.74, 6) is -0.245. The van der Waals surface area contributed by atoms with Crippen LogP contribution < -0.4 is 0 Å². The lowest BCUT2D eigenvalue weighted by Gasteiger charge is -1.89. The predicted octanol–water partition coefficient (Wildman–Crippen LogP) is 2.43. The van der Waals surface area contributed by atoms with Crippen LogP contribution in [0.2, 0.25) is 0 Å². The Hall–Kier alpha value is -1.31. The lowest BCUT2D eigenvalue weighted by Crippen LogP contribution is -1.88. The van der Waals surface area contributed by atoms with Gasteiger partial charge in [0, 0.05) is 6.92 Å². The van der Waals surface area contributed by atoms with Crippen molar-refractivity contribution in [2.45, 2.75) is 20.3 Å². The fraction of sp³-hybridized carbons (Fsp3) is 0.364. The maximum absolute atomic E-state index is 9.59.